The SMILES string of the molecule is COc1ccc(C2CCCCN2C(=O)OCc2ccccc2)cc1. The number of rotatable bonds is 4. The highest BCUT2D eigenvalue weighted by Gasteiger charge is 2.29. The molecule has 1 fully saturated rings. The molecule has 1 aliphatic heterocycles. The fourth-order valence-electron chi connectivity index (χ4n) is 3.12. The van der Waals surface area contributed by atoms with E-state index in [1.807, 2.05) is 59.5 Å². The third kappa shape index (κ3) is 3.88. The molecule has 0 N–H and O–H groups in total. The van der Waals surface area contributed by atoms with Gasteiger partial charge in [0.15, 0.2) is 0 Å². The number of amides is 1. The van der Waals surface area contributed by atoms with Crippen molar-refractivity contribution in [3.8, 4) is 5.75 Å². The molecule has 4 nitrogen and oxygen atoms in total. The predicted octanol–water partition coefficient (Wildman–Crippen LogP) is 4.56. The van der Waals surface area contributed by atoms with Gasteiger partial charge in [-0.25, -0.2) is 4.79 Å². The van der Waals surface area contributed by atoms with Crippen LogP contribution in [0.2, 0.25) is 0 Å². The summed E-state index contributed by atoms with van der Waals surface area (Å²) in [4.78, 5) is 14.4. The zero-order chi connectivity index (χ0) is 16.8. The maximum atomic E-state index is 12.6. The average Bonchev–Trinajstić information content (AvgIpc) is 2.67. The van der Waals surface area contributed by atoms with Crippen molar-refractivity contribution in [2.24, 2.45) is 0 Å². The number of carbonyl (C=O) groups is 1. The van der Waals surface area contributed by atoms with Gasteiger partial charge >= 0.3 is 6.09 Å². The number of benzene rings is 2. The molecular weight excluding hydrogens is 302 g/mol. The van der Waals surface area contributed by atoms with Crippen LogP contribution in [0.15, 0.2) is 54.6 Å². The van der Waals surface area contributed by atoms with Crippen LogP contribution in [0, 0.1) is 0 Å². The molecule has 2 aromatic carbocycles. The van der Waals surface area contributed by atoms with Gasteiger partial charge in [-0.05, 0) is 42.5 Å². The summed E-state index contributed by atoms with van der Waals surface area (Å²) in [5, 5.41) is 0. The molecule has 0 aromatic heterocycles. The Balaban J connectivity index is 1.67. The standard InChI is InChI=1S/C20H23NO3/c1-23-18-12-10-17(11-13-18)19-9-5-6-14-21(19)20(22)24-15-16-7-3-2-4-8-16/h2-4,7-8,10-13,19H,5-6,9,14-15H2,1H3. The van der Waals surface area contributed by atoms with Crippen molar-refractivity contribution < 1.29 is 14.3 Å². The van der Waals surface area contributed by atoms with Crippen LogP contribution >= 0.6 is 0 Å². The summed E-state index contributed by atoms with van der Waals surface area (Å²) in [5.41, 5.74) is 2.14. The Kier molecular flexibility index (Phi) is 5.36. The fraction of sp³-hybridized carbons (Fsp3) is 0.350. The van der Waals surface area contributed by atoms with Crippen LogP contribution in [0.3, 0.4) is 0 Å². The first-order valence-corrected chi connectivity index (χ1v) is 8.39. The molecule has 24 heavy (non-hydrogen) atoms. The summed E-state index contributed by atoms with van der Waals surface area (Å²) in [6, 6.07) is 17.8. The van der Waals surface area contributed by atoms with Gasteiger partial charge in [-0.3, -0.25) is 0 Å². The zero-order valence-electron chi connectivity index (χ0n) is 14.0. The molecule has 0 bridgehead atoms. The van der Waals surface area contributed by atoms with Crippen LogP contribution in [0.4, 0.5) is 4.79 Å². The maximum absolute atomic E-state index is 12.6. The number of nitrogens with zero attached hydrogens (tertiary/aromatic N) is 1. The zero-order valence-corrected chi connectivity index (χ0v) is 14.0. The van der Waals surface area contributed by atoms with Gasteiger partial charge in [-0.15, -0.1) is 0 Å². The quantitative estimate of drug-likeness (QED) is 0.827. The van der Waals surface area contributed by atoms with Gasteiger partial charge in [0.25, 0.3) is 0 Å². The first-order valence-electron chi connectivity index (χ1n) is 8.39. The van der Waals surface area contributed by atoms with E-state index < -0.39 is 0 Å². The highest BCUT2D eigenvalue weighted by Crippen LogP contribution is 2.32. The van der Waals surface area contributed by atoms with Crippen molar-refractivity contribution in [3.63, 3.8) is 0 Å². The van der Waals surface area contributed by atoms with Crippen molar-refractivity contribution in [2.75, 3.05) is 13.7 Å². The number of methoxy groups -OCH3 is 1. The van der Waals surface area contributed by atoms with Crippen LogP contribution < -0.4 is 4.74 Å². The molecular formula is C20H23NO3. The molecule has 2 aromatic rings. The van der Waals surface area contributed by atoms with Crippen LogP contribution in [0.1, 0.15) is 36.4 Å². The molecule has 1 saturated heterocycles. The molecule has 1 amide bonds. The Morgan fingerprint density at radius 1 is 1.08 bits per heavy atom. The minimum Gasteiger partial charge on any atom is -0.497 e. The van der Waals surface area contributed by atoms with Crippen LogP contribution in [-0.2, 0) is 11.3 Å². The average molecular weight is 325 g/mol. The fourth-order valence-corrected chi connectivity index (χ4v) is 3.12. The Bertz CT molecular complexity index is 654. The van der Waals surface area contributed by atoms with E-state index in [0.717, 1.165) is 42.7 Å². The molecule has 1 atom stereocenters. The van der Waals surface area contributed by atoms with Gasteiger partial charge in [-0.2, -0.15) is 0 Å². The summed E-state index contributed by atoms with van der Waals surface area (Å²) in [6.45, 7) is 1.05. The topological polar surface area (TPSA) is 38.8 Å². The lowest BCUT2D eigenvalue weighted by atomic mass is 9.95. The number of ether oxygens (including phenoxy) is 2. The highest BCUT2D eigenvalue weighted by molar-refractivity contribution is 5.68. The van der Waals surface area contributed by atoms with Crippen molar-refractivity contribution >= 4 is 6.09 Å². The second kappa shape index (κ2) is 7.86. The molecule has 126 valence electrons. The van der Waals surface area contributed by atoms with Gasteiger partial charge in [0.1, 0.15) is 12.4 Å². The normalized spacial score (nSPS) is 17.4. The minimum absolute atomic E-state index is 0.0768. The molecule has 1 aliphatic rings. The number of hydrogen-bond donors (Lipinski definition) is 0. The van der Waals surface area contributed by atoms with Crippen molar-refractivity contribution in [1.29, 1.82) is 0 Å². The third-order valence-corrected chi connectivity index (χ3v) is 4.44. The van der Waals surface area contributed by atoms with E-state index in [2.05, 4.69) is 0 Å². The van der Waals surface area contributed by atoms with Crippen LogP contribution in [0.25, 0.3) is 0 Å². The number of piperidine rings is 1. The Labute approximate surface area is 143 Å². The van der Waals surface area contributed by atoms with Crippen molar-refractivity contribution in [3.05, 3.63) is 65.7 Å². The molecule has 1 unspecified atom stereocenters. The Morgan fingerprint density at radius 2 is 1.83 bits per heavy atom. The minimum atomic E-state index is -0.237. The summed E-state index contributed by atoms with van der Waals surface area (Å²) in [5.74, 6) is 0.827. The van der Waals surface area contributed by atoms with E-state index in [0.29, 0.717) is 6.61 Å². The molecule has 3 rings (SSSR count). The molecule has 4 heteroatoms. The van der Waals surface area contributed by atoms with Gasteiger partial charge < -0.3 is 14.4 Å². The number of likely N-dealkylation sites (tertiary alicyclic amines) is 1. The summed E-state index contributed by atoms with van der Waals surface area (Å²) >= 11 is 0. The predicted molar refractivity (Wildman–Crippen MR) is 92.9 cm³/mol. The van der Waals surface area contributed by atoms with E-state index in [1.165, 1.54) is 0 Å². The monoisotopic (exact) mass is 325 g/mol. The van der Waals surface area contributed by atoms with E-state index in [4.69, 9.17) is 9.47 Å². The molecule has 0 spiro atoms. The van der Waals surface area contributed by atoms with E-state index in [9.17, 15) is 4.79 Å². The lowest BCUT2D eigenvalue weighted by molar-refractivity contribution is 0.0679. The van der Waals surface area contributed by atoms with Crippen molar-refractivity contribution in [2.45, 2.75) is 31.9 Å². The highest BCUT2D eigenvalue weighted by atomic mass is 16.6. The lowest BCUT2D eigenvalue weighted by Gasteiger charge is -2.35. The van der Waals surface area contributed by atoms with Gasteiger partial charge in [0, 0.05) is 6.54 Å². The molecule has 0 radical (unpaired) electrons. The summed E-state index contributed by atoms with van der Waals surface area (Å²) in [7, 11) is 1.66. The lowest BCUT2D eigenvalue weighted by Crippen LogP contribution is -2.38. The Morgan fingerprint density at radius 3 is 2.54 bits per heavy atom. The number of hydrogen-bond acceptors (Lipinski definition) is 3. The van der Waals surface area contributed by atoms with Crippen LogP contribution in [0.5, 0.6) is 5.75 Å². The second-order valence-corrected chi connectivity index (χ2v) is 6.02. The van der Waals surface area contributed by atoms with Gasteiger partial charge in [0.05, 0.1) is 13.2 Å². The first-order chi connectivity index (χ1) is 11.8. The van der Waals surface area contributed by atoms with Crippen LogP contribution in [-0.4, -0.2) is 24.6 Å². The molecule has 0 aliphatic carbocycles. The maximum Gasteiger partial charge on any atom is 0.410 e. The third-order valence-electron chi connectivity index (χ3n) is 4.44. The van der Waals surface area contributed by atoms with Gasteiger partial charge in [-0.1, -0.05) is 42.5 Å². The summed E-state index contributed by atoms with van der Waals surface area (Å²) < 4.78 is 10.7. The van der Waals surface area contributed by atoms with E-state index in [-0.39, 0.29) is 12.1 Å². The smallest absolute Gasteiger partial charge is 0.410 e. The largest absolute Gasteiger partial charge is 0.497 e. The van der Waals surface area contributed by atoms with E-state index in [1.54, 1.807) is 7.11 Å². The molecule has 1 heterocycles. The number of carbonyl (C=O) groups excluding carboxylic acids is 1. The second-order valence-electron chi connectivity index (χ2n) is 6.02. The first kappa shape index (κ1) is 16.4. The molecule has 0 saturated carbocycles. The summed E-state index contributed by atoms with van der Waals surface area (Å²) in [6.07, 6.45) is 2.87. The van der Waals surface area contributed by atoms with Gasteiger partial charge in [0.2, 0.25) is 0 Å². The van der Waals surface area contributed by atoms with Crippen molar-refractivity contribution in [1.82, 2.24) is 4.90 Å². The van der Waals surface area contributed by atoms with E-state index >= 15 is 0 Å². The Hall–Kier alpha value is -2.49.